The van der Waals surface area contributed by atoms with E-state index < -0.39 is 6.10 Å². The van der Waals surface area contributed by atoms with Gasteiger partial charge in [-0.15, -0.1) is 0 Å². The maximum atomic E-state index is 11.8. The van der Waals surface area contributed by atoms with Crippen LogP contribution in [0.2, 0.25) is 0 Å². The number of aliphatic hydroxyl groups excluding tert-OH is 1. The van der Waals surface area contributed by atoms with Gasteiger partial charge < -0.3 is 14.9 Å². The highest BCUT2D eigenvalue weighted by atomic mass is 16.3. The number of carbonyl (C=O) groups is 1. The number of hydrogen-bond donors (Lipinski definition) is 1. The van der Waals surface area contributed by atoms with Crippen LogP contribution in [0.1, 0.15) is 6.92 Å². The molecule has 1 N–H and O–H groups in total. The molecule has 1 aliphatic rings. The second kappa shape index (κ2) is 4.14. The van der Waals surface area contributed by atoms with Crippen LogP contribution < -0.4 is 9.80 Å². The minimum absolute atomic E-state index is 0.0550. The van der Waals surface area contributed by atoms with Crippen LogP contribution >= 0.6 is 0 Å². The molecule has 1 aromatic carbocycles. The van der Waals surface area contributed by atoms with E-state index in [0.29, 0.717) is 13.1 Å². The molecule has 1 atom stereocenters. The summed E-state index contributed by atoms with van der Waals surface area (Å²) in [5, 5.41) is 9.42. The van der Waals surface area contributed by atoms with Gasteiger partial charge in [0.1, 0.15) is 0 Å². The second-order valence-electron chi connectivity index (χ2n) is 4.17. The summed E-state index contributed by atoms with van der Waals surface area (Å²) in [5.41, 5.74) is 1.91. The number of aliphatic hydroxyl groups is 1. The van der Waals surface area contributed by atoms with Crippen molar-refractivity contribution >= 4 is 17.3 Å². The van der Waals surface area contributed by atoms with Gasteiger partial charge in [0.05, 0.1) is 24.0 Å². The number of amides is 1. The number of carbonyl (C=O) groups excluding carboxylic acids is 1. The first-order valence-electron chi connectivity index (χ1n) is 5.38. The maximum absolute atomic E-state index is 11.8. The molecule has 0 spiro atoms. The fourth-order valence-electron chi connectivity index (χ4n) is 1.99. The molecule has 0 fully saturated rings. The quantitative estimate of drug-likeness (QED) is 0.803. The minimum atomic E-state index is -0.440. The van der Waals surface area contributed by atoms with E-state index in [-0.39, 0.29) is 5.91 Å². The number of β-amino-alcohol motifs (C(OH)–C–C–N with tert-alkyl or cyclic N) is 1. The molecular weight excluding hydrogens is 204 g/mol. The van der Waals surface area contributed by atoms with Gasteiger partial charge in [0.25, 0.3) is 0 Å². The van der Waals surface area contributed by atoms with Gasteiger partial charge in [-0.25, -0.2) is 0 Å². The molecule has 1 heterocycles. The number of fused-ring (bicyclic) bond motifs is 1. The lowest BCUT2D eigenvalue weighted by Gasteiger charge is -2.36. The molecule has 16 heavy (non-hydrogen) atoms. The summed E-state index contributed by atoms with van der Waals surface area (Å²) in [7, 11) is 1.78. The molecule has 0 saturated carbocycles. The van der Waals surface area contributed by atoms with E-state index in [2.05, 4.69) is 0 Å². The third-order valence-electron chi connectivity index (χ3n) is 2.77. The standard InChI is InChI=1S/C12H16N2O2/c1-9(15)7-14-8-12(16)13(2)10-5-3-4-6-11(10)14/h3-6,9,15H,7-8H2,1-2H3. The summed E-state index contributed by atoms with van der Waals surface area (Å²) >= 11 is 0. The first-order chi connectivity index (χ1) is 7.59. The third-order valence-corrected chi connectivity index (χ3v) is 2.77. The fraction of sp³-hybridized carbons (Fsp3) is 0.417. The van der Waals surface area contributed by atoms with Gasteiger partial charge in [-0.2, -0.15) is 0 Å². The van der Waals surface area contributed by atoms with Crippen molar-refractivity contribution < 1.29 is 9.90 Å². The molecule has 1 unspecified atom stereocenters. The molecule has 4 nitrogen and oxygen atoms in total. The van der Waals surface area contributed by atoms with Crippen molar-refractivity contribution in [1.82, 2.24) is 0 Å². The number of benzene rings is 1. The summed E-state index contributed by atoms with van der Waals surface area (Å²) in [6.07, 6.45) is -0.440. The Morgan fingerprint density at radius 3 is 2.62 bits per heavy atom. The van der Waals surface area contributed by atoms with Crippen LogP contribution in [0.25, 0.3) is 0 Å². The summed E-state index contributed by atoms with van der Waals surface area (Å²) in [6, 6.07) is 7.74. The molecule has 0 aromatic heterocycles. The van der Waals surface area contributed by atoms with E-state index in [0.717, 1.165) is 11.4 Å². The summed E-state index contributed by atoms with van der Waals surface area (Å²) in [5.74, 6) is 0.0550. The van der Waals surface area contributed by atoms with Crippen LogP contribution in [0.4, 0.5) is 11.4 Å². The van der Waals surface area contributed by atoms with Crippen molar-refractivity contribution in [3.05, 3.63) is 24.3 Å². The summed E-state index contributed by atoms with van der Waals surface area (Å²) < 4.78 is 0. The van der Waals surface area contributed by atoms with Gasteiger partial charge in [-0.1, -0.05) is 12.1 Å². The topological polar surface area (TPSA) is 43.8 Å². The molecule has 2 rings (SSSR count). The van der Waals surface area contributed by atoms with E-state index in [1.165, 1.54) is 0 Å². The molecule has 86 valence electrons. The van der Waals surface area contributed by atoms with E-state index in [1.54, 1.807) is 18.9 Å². The van der Waals surface area contributed by atoms with Crippen molar-refractivity contribution in [3.63, 3.8) is 0 Å². The fourth-order valence-corrected chi connectivity index (χ4v) is 1.99. The molecule has 1 aromatic rings. The highest BCUT2D eigenvalue weighted by molar-refractivity contribution is 6.02. The van der Waals surface area contributed by atoms with Gasteiger partial charge >= 0.3 is 0 Å². The van der Waals surface area contributed by atoms with Gasteiger partial charge in [-0.3, -0.25) is 4.79 Å². The van der Waals surface area contributed by atoms with Crippen molar-refractivity contribution in [3.8, 4) is 0 Å². The highest BCUT2D eigenvalue weighted by Gasteiger charge is 2.26. The molecule has 1 aliphatic heterocycles. The number of hydrogen-bond acceptors (Lipinski definition) is 3. The lowest BCUT2D eigenvalue weighted by molar-refractivity contribution is -0.117. The van der Waals surface area contributed by atoms with Gasteiger partial charge in [0.2, 0.25) is 5.91 Å². The van der Waals surface area contributed by atoms with Gasteiger partial charge in [0.15, 0.2) is 0 Å². The minimum Gasteiger partial charge on any atom is -0.392 e. The molecular formula is C12H16N2O2. The Morgan fingerprint density at radius 1 is 1.38 bits per heavy atom. The van der Waals surface area contributed by atoms with Crippen molar-refractivity contribution in [2.24, 2.45) is 0 Å². The number of likely N-dealkylation sites (N-methyl/N-ethyl adjacent to an activating group) is 1. The SMILES string of the molecule is CC(O)CN1CC(=O)N(C)c2ccccc21. The average molecular weight is 220 g/mol. The average Bonchev–Trinajstić information content (AvgIpc) is 2.25. The lowest BCUT2D eigenvalue weighted by Crippen LogP contribution is -2.46. The largest absolute Gasteiger partial charge is 0.392 e. The van der Waals surface area contributed by atoms with Crippen LogP contribution in [0.5, 0.6) is 0 Å². The molecule has 0 aliphatic carbocycles. The Balaban J connectivity index is 2.37. The Bertz CT molecular complexity index is 404. The number of rotatable bonds is 2. The van der Waals surface area contributed by atoms with Crippen LogP contribution in [-0.2, 0) is 4.79 Å². The van der Waals surface area contributed by atoms with Gasteiger partial charge in [-0.05, 0) is 19.1 Å². The van der Waals surface area contributed by atoms with E-state index in [1.807, 2.05) is 29.2 Å². The van der Waals surface area contributed by atoms with E-state index >= 15 is 0 Å². The van der Waals surface area contributed by atoms with E-state index in [4.69, 9.17) is 0 Å². The molecule has 0 bridgehead atoms. The Kier molecular flexibility index (Phi) is 2.83. The summed E-state index contributed by atoms with van der Waals surface area (Å²) in [6.45, 7) is 2.54. The smallest absolute Gasteiger partial charge is 0.246 e. The molecule has 4 heteroatoms. The monoisotopic (exact) mass is 220 g/mol. The van der Waals surface area contributed by atoms with Crippen LogP contribution in [0.3, 0.4) is 0 Å². The third kappa shape index (κ3) is 1.88. The number of anilines is 2. The highest BCUT2D eigenvalue weighted by Crippen LogP contribution is 2.32. The lowest BCUT2D eigenvalue weighted by atomic mass is 10.1. The first kappa shape index (κ1) is 11.0. The maximum Gasteiger partial charge on any atom is 0.246 e. The van der Waals surface area contributed by atoms with Crippen LogP contribution in [0.15, 0.2) is 24.3 Å². The van der Waals surface area contributed by atoms with Crippen molar-refractivity contribution in [2.75, 3.05) is 29.9 Å². The van der Waals surface area contributed by atoms with E-state index in [9.17, 15) is 9.90 Å². The molecule has 0 saturated heterocycles. The predicted molar refractivity (Wildman–Crippen MR) is 63.7 cm³/mol. The van der Waals surface area contributed by atoms with Crippen LogP contribution in [0, 0.1) is 0 Å². The summed E-state index contributed by atoms with van der Waals surface area (Å²) in [4.78, 5) is 15.3. The first-order valence-corrected chi connectivity index (χ1v) is 5.38. The molecule has 1 amide bonds. The van der Waals surface area contributed by atoms with Crippen LogP contribution in [-0.4, -0.2) is 37.3 Å². The normalized spacial score (nSPS) is 17.3. The number of para-hydroxylation sites is 2. The predicted octanol–water partition coefficient (Wildman–Crippen LogP) is 0.850. The zero-order valence-corrected chi connectivity index (χ0v) is 9.55. The Hall–Kier alpha value is -1.55. The Labute approximate surface area is 95.1 Å². The zero-order chi connectivity index (χ0) is 11.7. The van der Waals surface area contributed by atoms with Crippen molar-refractivity contribution in [2.45, 2.75) is 13.0 Å². The van der Waals surface area contributed by atoms with Crippen molar-refractivity contribution in [1.29, 1.82) is 0 Å². The van der Waals surface area contributed by atoms with Gasteiger partial charge in [0, 0.05) is 13.6 Å². The second-order valence-corrected chi connectivity index (χ2v) is 4.17. The molecule has 0 radical (unpaired) electrons. The zero-order valence-electron chi connectivity index (χ0n) is 9.55. The number of nitrogens with zero attached hydrogens (tertiary/aromatic N) is 2. The Morgan fingerprint density at radius 2 is 2.00 bits per heavy atom.